The van der Waals surface area contributed by atoms with Crippen LogP contribution in [0.3, 0.4) is 0 Å². The summed E-state index contributed by atoms with van der Waals surface area (Å²) in [5, 5.41) is 3.92. The van der Waals surface area contributed by atoms with Crippen molar-refractivity contribution in [3.63, 3.8) is 0 Å². The monoisotopic (exact) mass is 459 g/mol. The fourth-order valence-electron chi connectivity index (χ4n) is 5.13. The third kappa shape index (κ3) is 4.92. The predicted octanol–water partition coefficient (Wildman–Crippen LogP) is 4.33. The Bertz CT molecular complexity index is 1170. The number of allylic oxidation sites excluding steroid dienone is 1. The molecule has 1 aromatic heterocycles. The lowest BCUT2D eigenvalue weighted by molar-refractivity contribution is -0.144. The van der Waals surface area contributed by atoms with Gasteiger partial charge in [-0.1, -0.05) is 54.1 Å². The number of nitrogens with zero attached hydrogens (tertiary/aromatic N) is 1. The Hall–Kier alpha value is -3.38. The number of rotatable bonds is 7. The van der Waals surface area contributed by atoms with Gasteiger partial charge >= 0.3 is 5.97 Å². The largest absolute Gasteiger partial charge is 0.467 e. The smallest absolute Gasteiger partial charge is 0.328 e. The van der Waals surface area contributed by atoms with Gasteiger partial charge in [-0.25, -0.2) is 4.79 Å². The lowest BCUT2D eigenvalue weighted by atomic mass is 9.74. The summed E-state index contributed by atoms with van der Waals surface area (Å²) in [4.78, 5) is 30.8. The van der Waals surface area contributed by atoms with Gasteiger partial charge in [0.1, 0.15) is 6.04 Å². The number of nitrogens with one attached hydrogen (secondary N) is 2. The molecule has 1 atom stereocenters. The van der Waals surface area contributed by atoms with Crippen molar-refractivity contribution in [2.75, 3.05) is 21.2 Å². The molecule has 4 rings (SSSR count). The molecular formula is C28H33N3O3. The van der Waals surface area contributed by atoms with Crippen LogP contribution in [-0.4, -0.2) is 49.0 Å². The number of H-pyrrole nitrogens is 1. The lowest BCUT2D eigenvalue weighted by Crippen LogP contribution is -2.44. The minimum atomic E-state index is -0.748. The summed E-state index contributed by atoms with van der Waals surface area (Å²) < 4.78 is 4.98. The number of hydrogen-bond donors (Lipinski definition) is 2. The molecule has 0 unspecified atom stereocenters. The third-order valence-corrected chi connectivity index (χ3v) is 7.12. The quantitative estimate of drug-likeness (QED) is 0.408. The van der Waals surface area contributed by atoms with Gasteiger partial charge in [-0.3, -0.25) is 9.69 Å². The topological polar surface area (TPSA) is 74.4 Å². The Morgan fingerprint density at radius 1 is 1.09 bits per heavy atom. The van der Waals surface area contributed by atoms with Crippen LogP contribution in [0.4, 0.5) is 0 Å². The second kappa shape index (κ2) is 10.3. The molecule has 1 aliphatic carbocycles. The number of carbonyl (C=O) groups excluding carboxylic acids is 2. The van der Waals surface area contributed by atoms with E-state index in [1.807, 2.05) is 36.5 Å². The molecule has 1 heterocycles. The maximum atomic E-state index is 12.9. The van der Waals surface area contributed by atoms with Crippen LogP contribution in [0.15, 0.2) is 72.4 Å². The van der Waals surface area contributed by atoms with Gasteiger partial charge in [-0.2, -0.15) is 0 Å². The maximum Gasteiger partial charge on any atom is 0.328 e. The first kappa shape index (κ1) is 23.8. The highest BCUT2D eigenvalue weighted by molar-refractivity contribution is 5.92. The van der Waals surface area contributed by atoms with Gasteiger partial charge in [0, 0.05) is 35.1 Å². The van der Waals surface area contributed by atoms with E-state index in [0.717, 1.165) is 47.7 Å². The molecule has 6 heteroatoms. The number of esters is 1. The zero-order valence-corrected chi connectivity index (χ0v) is 20.1. The van der Waals surface area contributed by atoms with Gasteiger partial charge in [0.15, 0.2) is 0 Å². The number of methoxy groups -OCH3 is 1. The average Bonchev–Trinajstić information content (AvgIpc) is 3.27. The normalized spacial score (nSPS) is 19.1. The molecule has 1 saturated carbocycles. The first-order chi connectivity index (χ1) is 16.4. The number of amides is 1. The second-order valence-electron chi connectivity index (χ2n) is 9.24. The number of carbonyl (C=O) groups is 2. The van der Waals surface area contributed by atoms with Crippen molar-refractivity contribution < 1.29 is 14.3 Å². The molecule has 34 heavy (non-hydrogen) atoms. The first-order valence-electron chi connectivity index (χ1n) is 11.8. The zero-order chi connectivity index (χ0) is 24.1. The number of para-hydroxylation sites is 1. The zero-order valence-electron chi connectivity index (χ0n) is 20.1. The van der Waals surface area contributed by atoms with Crippen molar-refractivity contribution in [1.29, 1.82) is 0 Å². The van der Waals surface area contributed by atoms with Crippen LogP contribution in [0.1, 0.15) is 36.8 Å². The number of aromatic amines is 1. The van der Waals surface area contributed by atoms with Crippen molar-refractivity contribution in [3.8, 4) is 0 Å². The standard InChI is InChI=1S/C28H33N3O3/c1-31(2)28(22-9-5-4-6-10-22)15-13-20(14-16-28)17-26(32)30-25(27(33)34-3)18-21-19-29-24-12-8-7-11-23(21)24/h4-12,17,19,25,29H,13-16,18H2,1-3H3,(H,30,32)/t25-,28?/m0/s1. The van der Waals surface area contributed by atoms with Crippen LogP contribution in [-0.2, 0) is 26.3 Å². The van der Waals surface area contributed by atoms with E-state index in [-0.39, 0.29) is 11.4 Å². The summed E-state index contributed by atoms with van der Waals surface area (Å²) >= 11 is 0. The molecule has 1 fully saturated rings. The number of ether oxygens (including phenoxy) is 1. The minimum absolute atomic E-state index is 0.0288. The van der Waals surface area contributed by atoms with Gasteiger partial charge in [0.2, 0.25) is 5.91 Å². The summed E-state index contributed by atoms with van der Waals surface area (Å²) in [6.45, 7) is 0. The van der Waals surface area contributed by atoms with E-state index < -0.39 is 12.0 Å². The highest BCUT2D eigenvalue weighted by Gasteiger charge is 2.37. The highest BCUT2D eigenvalue weighted by Crippen LogP contribution is 2.42. The average molecular weight is 460 g/mol. The molecular weight excluding hydrogens is 426 g/mol. The van der Waals surface area contributed by atoms with Crippen molar-refractivity contribution in [1.82, 2.24) is 15.2 Å². The summed E-state index contributed by atoms with van der Waals surface area (Å²) in [7, 11) is 5.60. The Kier molecular flexibility index (Phi) is 7.17. The summed E-state index contributed by atoms with van der Waals surface area (Å²) in [6.07, 6.45) is 7.49. The van der Waals surface area contributed by atoms with Crippen LogP contribution in [0, 0.1) is 0 Å². The predicted molar refractivity (Wildman–Crippen MR) is 134 cm³/mol. The van der Waals surface area contributed by atoms with Gasteiger partial charge in [-0.05, 0) is 57.0 Å². The molecule has 178 valence electrons. The molecule has 0 saturated heterocycles. The molecule has 0 bridgehead atoms. The van der Waals surface area contributed by atoms with E-state index in [9.17, 15) is 9.59 Å². The number of benzene rings is 2. The second-order valence-corrected chi connectivity index (χ2v) is 9.24. The van der Waals surface area contributed by atoms with Crippen LogP contribution in [0.2, 0.25) is 0 Å². The van der Waals surface area contributed by atoms with E-state index >= 15 is 0 Å². The Labute approximate surface area is 201 Å². The fraction of sp³-hybridized carbons (Fsp3) is 0.357. The van der Waals surface area contributed by atoms with Crippen molar-refractivity contribution in [3.05, 3.63) is 83.6 Å². The lowest BCUT2D eigenvalue weighted by Gasteiger charge is -2.44. The van der Waals surface area contributed by atoms with Crippen LogP contribution >= 0.6 is 0 Å². The van der Waals surface area contributed by atoms with E-state index in [1.54, 1.807) is 6.08 Å². The summed E-state index contributed by atoms with van der Waals surface area (Å²) in [5.41, 5.74) is 4.36. The maximum absolute atomic E-state index is 12.9. The molecule has 1 aliphatic rings. The highest BCUT2D eigenvalue weighted by atomic mass is 16.5. The van der Waals surface area contributed by atoms with Gasteiger partial charge in [-0.15, -0.1) is 0 Å². The molecule has 2 aromatic carbocycles. The van der Waals surface area contributed by atoms with E-state index in [2.05, 4.69) is 53.6 Å². The molecule has 0 aliphatic heterocycles. The Balaban J connectivity index is 1.45. The Morgan fingerprint density at radius 2 is 1.76 bits per heavy atom. The summed E-state index contributed by atoms with van der Waals surface area (Å²) in [5.74, 6) is -0.696. The fourth-order valence-corrected chi connectivity index (χ4v) is 5.13. The molecule has 6 nitrogen and oxygen atoms in total. The van der Waals surface area contributed by atoms with E-state index in [0.29, 0.717) is 6.42 Å². The van der Waals surface area contributed by atoms with Crippen LogP contribution in [0.5, 0.6) is 0 Å². The van der Waals surface area contributed by atoms with E-state index in [1.165, 1.54) is 12.7 Å². The molecule has 2 N–H and O–H groups in total. The molecule has 3 aromatic rings. The number of aromatic nitrogens is 1. The molecule has 0 spiro atoms. The van der Waals surface area contributed by atoms with E-state index in [4.69, 9.17) is 4.74 Å². The first-order valence-corrected chi connectivity index (χ1v) is 11.8. The molecule has 0 radical (unpaired) electrons. The van der Waals surface area contributed by atoms with Crippen molar-refractivity contribution in [2.45, 2.75) is 43.7 Å². The van der Waals surface area contributed by atoms with Crippen LogP contribution in [0.25, 0.3) is 10.9 Å². The van der Waals surface area contributed by atoms with Gasteiger partial charge < -0.3 is 15.0 Å². The summed E-state index contributed by atoms with van der Waals surface area (Å²) in [6, 6.07) is 17.7. The van der Waals surface area contributed by atoms with Crippen molar-refractivity contribution >= 4 is 22.8 Å². The minimum Gasteiger partial charge on any atom is -0.467 e. The number of hydrogen-bond acceptors (Lipinski definition) is 4. The molecule has 1 amide bonds. The van der Waals surface area contributed by atoms with Crippen molar-refractivity contribution in [2.24, 2.45) is 0 Å². The Morgan fingerprint density at radius 3 is 2.44 bits per heavy atom. The van der Waals surface area contributed by atoms with Gasteiger partial charge in [0.25, 0.3) is 0 Å². The number of fused-ring (bicyclic) bond motifs is 1. The SMILES string of the molecule is COC(=O)[C@H](Cc1c[nH]c2ccccc12)NC(=O)C=C1CCC(c2ccccc2)(N(C)C)CC1. The third-order valence-electron chi connectivity index (χ3n) is 7.12. The van der Waals surface area contributed by atoms with Gasteiger partial charge in [0.05, 0.1) is 7.11 Å². The van der Waals surface area contributed by atoms with Crippen LogP contribution < -0.4 is 5.32 Å².